The summed E-state index contributed by atoms with van der Waals surface area (Å²) >= 11 is 0. The SMILES string of the molecule is CCc1cnc(CNc2nccn3c(C)nnc23)o1. The molecule has 3 heterocycles. The topological polar surface area (TPSA) is 81.1 Å². The van der Waals surface area contributed by atoms with Crippen molar-refractivity contribution in [3.8, 4) is 0 Å². The number of anilines is 1. The van der Waals surface area contributed by atoms with Crippen molar-refractivity contribution >= 4 is 11.5 Å². The van der Waals surface area contributed by atoms with Gasteiger partial charge < -0.3 is 9.73 Å². The molecule has 0 aliphatic carbocycles. The first-order chi connectivity index (χ1) is 9.28. The Morgan fingerprint density at radius 3 is 3.00 bits per heavy atom. The molecule has 0 spiro atoms. The normalized spacial score (nSPS) is 11.1. The number of rotatable bonds is 4. The van der Waals surface area contributed by atoms with E-state index in [0.717, 1.165) is 18.0 Å². The fourth-order valence-electron chi connectivity index (χ4n) is 1.82. The Hall–Kier alpha value is -2.44. The molecule has 0 aliphatic heterocycles. The van der Waals surface area contributed by atoms with Crippen LogP contribution in [0.3, 0.4) is 0 Å². The summed E-state index contributed by atoms with van der Waals surface area (Å²) in [5.41, 5.74) is 0.697. The second kappa shape index (κ2) is 4.68. The summed E-state index contributed by atoms with van der Waals surface area (Å²) in [5, 5.41) is 11.3. The first-order valence-electron chi connectivity index (χ1n) is 6.11. The molecule has 7 heteroatoms. The maximum Gasteiger partial charge on any atom is 0.213 e. The largest absolute Gasteiger partial charge is 0.444 e. The van der Waals surface area contributed by atoms with Gasteiger partial charge in [0.2, 0.25) is 11.5 Å². The molecule has 7 nitrogen and oxygen atoms in total. The minimum Gasteiger partial charge on any atom is -0.444 e. The number of nitrogens with zero attached hydrogens (tertiary/aromatic N) is 5. The molecule has 0 saturated carbocycles. The third kappa shape index (κ3) is 2.14. The monoisotopic (exact) mass is 258 g/mol. The average Bonchev–Trinajstić information content (AvgIpc) is 3.04. The van der Waals surface area contributed by atoms with Crippen LogP contribution in [0.15, 0.2) is 23.0 Å². The van der Waals surface area contributed by atoms with E-state index in [-0.39, 0.29) is 0 Å². The van der Waals surface area contributed by atoms with Crippen LogP contribution in [0.25, 0.3) is 5.65 Å². The van der Waals surface area contributed by atoms with E-state index >= 15 is 0 Å². The zero-order valence-electron chi connectivity index (χ0n) is 10.8. The van der Waals surface area contributed by atoms with Crippen LogP contribution in [0.2, 0.25) is 0 Å². The van der Waals surface area contributed by atoms with Crippen LogP contribution in [-0.4, -0.2) is 24.6 Å². The molecule has 0 fully saturated rings. The molecule has 0 unspecified atom stereocenters. The van der Waals surface area contributed by atoms with Gasteiger partial charge in [-0.15, -0.1) is 10.2 Å². The molecule has 0 bridgehead atoms. The Bertz CT molecular complexity index is 701. The van der Waals surface area contributed by atoms with E-state index in [9.17, 15) is 0 Å². The Kier molecular flexibility index (Phi) is 2.86. The van der Waals surface area contributed by atoms with E-state index < -0.39 is 0 Å². The highest BCUT2D eigenvalue weighted by Gasteiger charge is 2.08. The quantitative estimate of drug-likeness (QED) is 0.765. The van der Waals surface area contributed by atoms with E-state index in [1.807, 2.05) is 24.4 Å². The lowest BCUT2D eigenvalue weighted by Crippen LogP contribution is -2.04. The second-order valence-corrected chi connectivity index (χ2v) is 4.14. The first kappa shape index (κ1) is 11.6. The highest BCUT2D eigenvalue weighted by Crippen LogP contribution is 2.13. The number of fused-ring (bicyclic) bond motifs is 1. The Balaban J connectivity index is 1.81. The summed E-state index contributed by atoms with van der Waals surface area (Å²) in [7, 11) is 0. The molecule has 3 aromatic heterocycles. The lowest BCUT2D eigenvalue weighted by Gasteiger charge is -2.03. The van der Waals surface area contributed by atoms with Crippen LogP contribution in [-0.2, 0) is 13.0 Å². The molecule has 0 saturated heterocycles. The highest BCUT2D eigenvalue weighted by molar-refractivity contribution is 5.61. The summed E-state index contributed by atoms with van der Waals surface area (Å²) in [4.78, 5) is 8.45. The molecule has 0 atom stereocenters. The van der Waals surface area contributed by atoms with E-state index in [1.54, 1.807) is 12.4 Å². The van der Waals surface area contributed by atoms with Crippen molar-refractivity contribution in [1.82, 2.24) is 24.6 Å². The summed E-state index contributed by atoms with van der Waals surface area (Å²) < 4.78 is 7.40. The number of aryl methyl sites for hydroxylation is 2. The van der Waals surface area contributed by atoms with Gasteiger partial charge in [0.25, 0.3) is 0 Å². The number of oxazole rings is 1. The molecule has 0 radical (unpaired) electrons. The summed E-state index contributed by atoms with van der Waals surface area (Å²) in [5.74, 6) is 3.00. The Labute approximate surface area is 109 Å². The van der Waals surface area contributed by atoms with E-state index in [2.05, 4.69) is 25.5 Å². The van der Waals surface area contributed by atoms with Gasteiger partial charge in [-0.1, -0.05) is 6.92 Å². The van der Waals surface area contributed by atoms with Gasteiger partial charge in [0.15, 0.2) is 5.82 Å². The maximum absolute atomic E-state index is 5.53. The van der Waals surface area contributed by atoms with Crippen LogP contribution in [0.1, 0.15) is 24.4 Å². The van der Waals surface area contributed by atoms with Crippen LogP contribution < -0.4 is 5.32 Å². The number of aromatic nitrogens is 5. The van der Waals surface area contributed by atoms with Gasteiger partial charge in [0, 0.05) is 18.8 Å². The molecule has 3 rings (SSSR count). The maximum atomic E-state index is 5.53. The lowest BCUT2D eigenvalue weighted by molar-refractivity contribution is 0.465. The van der Waals surface area contributed by atoms with Crippen molar-refractivity contribution in [1.29, 1.82) is 0 Å². The van der Waals surface area contributed by atoms with Gasteiger partial charge >= 0.3 is 0 Å². The van der Waals surface area contributed by atoms with Gasteiger partial charge in [0.05, 0.1) is 12.7 Å². The standard InChI is InChI=1S/C12H14N6O/c1-3-9-6-14-10(19-9)7-15-11-12-17-16-8(2)18(12)5-4-13-11/h4-6H,3,7H2,1-2H3,(H,13,15). The van der Waals surface area contributed by atoms with Crippen molar-refractivity contribution in [3.05, 3.63) is 36.1 Å². The average molecular weight is 258 g/mol. The summed E-state index contributed by atoms with van der Waals surface area (Å²) in [6.07, 6.45) is 6.12. The van der Waals surface area contributed by atoms with Crippen LogP contribution in [0.4, 0.5) is 5.82 Å². The fraction of sp³-hybridized carbons (Fsp3) is 0.333. The lowest BCUT2D eigenvalue weighted by atomic mass is 10.4. The minimum atomic E-state index is 0.471. The highest BCUT2D eigenvalue weighted by atomic mass is 16.4. The van der Waals surface area contributed by atoms with Gasteiger partial charge in [-0.3, -0.25) is 4.40 Å². The molecular weight excluding hydrogens is 244 g/mol. The molecule has 0 amide bonds. The zero-order valence-corrected chi connectivity index (χ0v) is 10.8. The third-order valence-corrected chi connectivity index (χ3v) is 2.85. The molecule has 1 N–H and O–H groups in total. The predicted octanol–water partition coefficient (Wildman–Crippen LogP) is 1.60. The first-order valence-corrected chi connectivity index (χ1v) is 6.11. The van der Waals surface area contributed by atoms with E-state index in [1.165, 1.54) is 0 Å². The second-order valence-electron chi connectivity index (χ2n) is 4.14. The minimum absolute atomic E-state index is 0.471. The zero-order chi connectivity index (χ0) is 13.2. The van der Waals surface area contributed by atoms with Crippen molar-refractivity contribution in [2.75, 3.05) is 5.32 Å². The number of nitrogens with one attached hydrogen (secondary N) is 1. The fourth-order valence-corrected chi connectivity index (χ4v) is 1.82. The van der Waals surface area contributed by atoms with Gasteiger partial charge in [-0.05, 0) is 6.92 Å². The van der Waals surface area contributed by atoms with Crippen molar-refractivity contribution < 1.29 is 4.42 Å². The Morgan fingerprint density at radius 1 is 1.32 bits per heavy atom. The molecular formula is C12H14N6O. The van der Waals surface area contributed by atoms with Gasteiger partial charge in [-0.2, -0.15) is 0 Å². The van der Waals surface area contributed by atoms with Crippen molar-refractivity contribution in [2.24, 2.45) is 0 Å². The Morgan fingerprint density at radius 2 is 2.21 bits per heavy atom. The molecule has 0 aliphatic rings. The smallest absolute Gasteiger partial charge is 0.213 e. The molecule has 98 valence electrons. The van der Waals surface area contributed by atoms with Crippen LogP contribution in [0.5, 0.6) is 0 Å². The summed E-state index contributed by atoms with van der Waals surface area (Å²) in [6, 6.07) is 0. The van der Waals surface area contributed by atoms with Crippen molar-refractivity contribution in [2.45, 2.75) is 26.8 Å². The summed E-state index contributed by atoms with van der Waals surface area (Å²) in [6.45, 7) is 4.39. The molecule has 0 aromatic carbocycles. The van der Waals surface area contributed by atoms with Crippen LogP contribution >= 0.6 is 0 Å². The number of hydrogen-bond donors (Lipinski definition) is 1. The number of hydrogen-bond acceptors (Lipinski definition) is 6. The molecule has 3 aromatic rings. The predicted molar refractivity (Wildman–Crippen MR) is 68.7 cm³/mol. The third-order valence-electron chi connectivity index (χ3n) is 2.85. The van der Waals surface area contributed by atoms with Crippen LogP contribution in [0, 0.1) is 6.92 Å². The van der Waals surface area contributed by atoms with Gasteiger partial charge in [0.1, 0.15) is 11.6 Å². The van der Waals surface area contributed by atoms with Crippen molar-refractivity contribution in [3.63, 3.8) is 0 Å². The molecule has 19 heavy (non-hydrogen) atoms. The van der Waals surface area contributed by atoms with E-state index in [0.29, 0.717) is 23.9 Å². The van der Waals surface area contributed by atoms with E-state index in [4.69, 9.17) is 4.42 Å². The van der Waals surface area contributed by atoms with Gasteiger partial charge in [-0.25, -0.2) is 9.97 Å².